The van der Waals surface area contributed by atoms with Gasteiger partial charge in [-0.1, -0.05) is 48.2 Å². The van der Waals surface area contributed by atoms with Crippen molar-refractivity contribution in [2.45, 2.75) is 25.9 Å². The first-order chi connectivity index (χ1) is 15.5. The summed E-state index contributed by atoms with van der Waals surface area (Å²) >= 11 is 6.68. The number of benzene rings is 2. The van der Waals surface area contributed by atoms with E-state index in [9.17, 15) is 9.59 Å². The maximum Gasteiger partial charge on any atom is 0.343 e. The predicted molar refractivity (Wildman–Crippen MR) is 128 cm³/mol. The molecule has 6 nitrogen and oxygen atoms in total. The number of esters is 1. The second-order valence-corrected chi connectivity index (χ2v) is 9.22. The van der Waals surface area contributed by atoms with E-state index in [-0.39, 0.29) is 12.0 Å². The molecule has 2 aromatic carbocycles. The topological polar surface area (TPSA) is 65.1 Å². The average Bonchev–Trinajstić information content (AvgIpc) is 3.39. The van der Waals surface area contributed by atoms with Crippen molar-refractivity contribution in [1.82, 2.24) is 4.90 Å². The highest BCUT2D eigenvalue weighted by Gasteiger charge is 2.34. The minimum Gasteiger partial charge on any atom is -0.493 e. The lowest BCUT2D eigenvalue weighted by Crippen LogP contribution is -2.35. The van der Waals surface area contributed by atoms with Crippen LogP contribution in [0.2, 0.25) is 0 Å². The maximum absolute atomic E-state index is 12.9. The van der Waals surface area contributed by atoms with Gasteiger partial charge in [0.05, 0.1) is 30.2 Å². The van der Waals surface area contributed by atoms with Crippen molar-refractivity contribution < 1.29 is 23.8 Å². The zero-order chi connectivity index (χ0) is 22.7. The monoisotopic (exact) mass is 469 g/mol. The van der Waals surface area contributed by atoms with E-state index in [1.54, 1.807) is 41.3 Å². The SMILES string of the molecule is COc1cc(/C=C2\SC(=S)N(CC3CCCO3)C2=O)ccc1OC(=O)c1ccccc1C. The lowest BCUT2D eigenvalue weighted by molar-refractivity contribution is -0.123. The number of carbonyl (C=O) groups is 2. The van der Waals surface area contributed by atoms with E-state index in [1.807, 2.05) is 19.1 Å². The van der Waals surface area contributed by atoms with E-state index in [0.717, 1.165) is 30.6 Å². The zero-order valence-electron chi connectivity index (χ0n) is 17.8. The Morgan fingerprint density at radius 3 is 2.81 bits per heavy atom. The van der Waals surface area contributed by atoms with Gasteiger partial charge in [-0.2, -0.15) is 0 Å². The van der Waals surface area contributed by atoms with Crippen LogP contribution in [-0.2, 0) is 9.53 Å². The fourth-order valence-corrected chi connectivity index (χ4v) is 4.89. The van der Waals surface area contributed by atoms with E-state index < -0.39 is 5.97 Å². The number of nitrogens with zero attached hydrogens (tertiary/aromatic N) is 1. The first-order valence-electron chi connectivity index (χ1n) is 10.3. The Balaban J connectivity index is 1.50. The summed E-state index contributed by atoms with van der Waals surface area (Å²) in [5.41, 5.74) is 2.07. The van der Waals surface area contributed by atoms with Crippen LogP contribution in [0.25, 0.3) is 6.08 Å². The fourth-order valence-electron chi connectivity index (χ4n) is 3.62. The number of amides is 1. The number of rotatable bonds is 6. The number of aryl methyl sites for hydroxylation is 1. The quantitative estimate of drug-likeness (QED) is 0.265. The number of ether oxygens (including phenoxy) is 3. The average molecular weight is 470 g/mol. The molecular weight excluding hydrogens is 446 g/mol. The summed E-state index contributed by atoms with van der Waals surface area (Å²) in [6.45, 7) is 3.07. The number of methoxy groups -OCH3 is 1. The summed E-state index contributed by atoms with van der Waals surface area (Å²) in [4.78, 5) is 27.6. The Bertz CT molecular complexity index is 1090. The van der Waals surface area contributed by atoms with Crippen LogP contribution in [0.15, 0.2) is 47.4 Å². The molecule has 0 aromatic heterocycles. The van der Waals surface area contributed by atoms with Crippen molar-refractivity contribution in [3.05, 3.63) is 64.1 Å². The van der Waals surface area contributed by atoms with Crippen LogP contribution in [0.1, 0.15) is 34.3 Å². The van der Waals surface area contributed by atoms with Crippen molar-refractivity contribution in [1.29, 1.82) is 0 Å². The minimum absolute atomic E-state index is 0.0409. The molecular formula is C24H23NO5S2. The minimum atomic E-state index is -0.454. The highest BCUT2D eigenvalue weighted by Crippen LogP contribution is 2.35. The van der Waals surface area contributed by atoms with Crippen molar-refractivity contribution >= 4 is 46.3 Å². The molecule has 2 heterocycles. The molecule has 166 valence electrons. The first-order valence-corrected chi connectivity index (χ1v) is 11.5. The fraction of sp³-hybridized carbons (Fsp3) is 0.292. The van der Waals surface area contributed by atoms with Crippen molar-refractivity contribution in [2.24, 2.45) is 0 Å². The molecule has 1 atom stereocenters. The summed E-state index contributed by atoms with van der Waals surface area (Å²) in [5.74, 6) is 0.132. The van der Waals surface area contributed by atoms with Gasteiger partial charge in [-0.15, -0.1) is 0 Å². The summed E-state index contributed by atoms with van der Waals surface area (Å²) in [5, 5.41) is 0. The van der Waals surface area contributed by atoms with Crippen LogP contribution < -0.4 is 9.47 Å². The molecule has 0 N–H and O–H groups in total. The van der Waals surface area contributed by atoms with Crippen LogP contribution in [0.5, 0.6) is 11.5 Å². The molecule has 2 aromatic rings. The molecule has 32 heavy (non-hydrogen) atoms. The van der Waals surface area contributed by atoms with Crippen LogP contribution >= 0.6 is 24.0 Å². The van der Waals surface area contributed by atoms with Crippen LogP contribution in [0.3, 0.4) is 0 Å². The maximum atomic E-state index is 12.9. The molecule has 4 rings (SSSR count). The van der Waals surface area contributed by atoms with E-state index in [0.29, 0.717) is 32.8 Å². The van der Waals surface area contributed by atoms with Crippen molar-refractivity contribution in [3.63, 3.8) is 0 Å². The van der Waals surface area contributed by atoms with Gasteiger partial charge in [-0.25, -0.2) is 4.79 Å². The third-order valence-electron chi connectivity index (χ3n) is 5.34. The van der Waals surface area contributed by atoms with E-state index in [2.05, 4.69) is 0 Å². The summed E-state index contributed by atoms with van der Waals surface area (Å²) < 4.78 is 17.2. The zero-order valence-corrected chi connectivity index (χ0v) is 19.5. The smallest absolute Gasteiger partial charge is 0.343 e. The van der Waals surface area contributed by atoms with Gasteiger partial charge in [0.2, 0.25) is 0 Å². The van der Waals surface area contributed by atoms with Crippen LogP contribution in [0, 0.1) is 6.92 Å². The van der Waals surface area contributed by atoms with Gasteiger partial charge in [0.15, 0.2) is 11.5 Å². The molecule has 1 amide bonds. The van der Waals surface area contributed by atoms with E-state index in [4.69, 9.17) is 26.4 Å². The molecule has 2 saturated heterocycles. The van der Waals surface area contributed by atoms with Crippen molar-refractivity contribution in [2.75, 3.05) is 20.3 Å². The predicted octanol–water partition coefficient (Wildman–Crippen LogP) is 4.60. The lowest BCUT2D eigenvalue weighted by atomic mass is 10.1. The molecule has 0 saturated carbocycles. The van der Waals surface area contributed by atoms with Crippen molar-refractivity contribution in [3.8, 4) is 11.5 Å². The molecule has 2 aliphatic heterocycles. The molecule has 2 fully saturated rings. The number of thioether (sulfide) groups is 1. The van der Waals surface area contributed by atoms with Crippen LogP contribution in [0.4, 0.5) is 0 Å². The van der Waals surface area contributed by atoms with Gasteiger partial charge in [0.25, 0.3) is 5.91 Å². The standard InChI is InChI=1S/C24H23NO5S2/c1-15-6-3-4-8-18(15)23(27)30-19-10-9-16(12-20(19)28-2)13-21-22(26)25(24(31)32-21)14-17-7-5-11-29-17/h3-4,6,8-10,12-13,17H,5,7,11,14H2,1-2H3/b21-13-. The highest BCUT2D eigenvalue weighted by molar-refractivity contribution is 8.26. The van der Waals surface area contributed by atoms with Gasteiger partial charge in [-0.3, -0.25) is 9.69 Å². The number of hydrogen-bond acceptors (Lipinski definition) is 7. The van der Waals surface area contributed by atoms with Gasteiger partial charge < -0.3 is 14.2 Å². The van der Waals surface area contributed by atoms with Gasteiger partial charge in [-0.05, 0) is 55.2 Å². The molecule has 2 aliphatic rings. The normalized spacial score (nSPS) is 19.6. The summed E-state index contributed by atoms with van der Waals surface area (Å²) in [6, 6.07) is 12.4. The first kappa shape index (κ1) is 22.5. The van der Waals surface area contributed by atoms with Gasteiger partial charge in [0, 0.05) is 6.61 Å². The Morgan fingerprint density at radius 1 is 1.28 bits per heavy atom. The Morgan fingerprint density at radius 2 is 2.09 bits per heavy atom. The second kappa shape index (κ2) is 9.85. The third-order valence-corrected chi connectivity index (χ3v) is 6.71. The van der Waals surface area contributed by atoms with Crippen LogP contribution in [-0.4, -0.2) is 47.5 Å². The molecule has 0 aliphatic carbocycles. The molecule has 1 unspecified atom stereocenters. The third kappa shape index (κ3) is 4.87. The Kier molecular flexibility index (Phi) is 6.93. The highest BCUT2D eigenvalue weighted by atomic mass is 32.2. The molecule has 0 radical (unpaired) electrons. The van der Waals surface area contributed by atoms with E-state index >= 15 is 0 Å². The number of hydrogen-bond donors (Lipinski definition) is 0. The molecule has 0 bridgehead atoms. The lowest BCUT2D eigenvalue weighted by Gasteiger charge is -2.18. The van der Waals surface area contributed by atoms with E-state index in [1.165, 1.54) is 18.9 Å². The molecule has 8 heteroatoms. The Labute approximate surface area is 196 Å². The largest absolute Gasteiger partial charge is 0.493 e. The van der Waals surface area contributed by atoms with Gasteiger partial charge >= 0.3 is 5.97 Å². The Hall–Kier alpha value is -2.68. The summed E-state index contributed by atoms with van der Waals surface area (Å²) in [6.07, 6.45) is 3.76. The number of carbonyl (C=O) groups excluding carboxylic acids is 2. The summed E-state index contributed by atoms with van der Waals surface area (Å²) in [7, 11) is 1.51. The second-order valence-electron chi connectivity index (χ2n) is 7.54. The van der Waals surface area contributed by atoms with Gasteiger partial charge in [0.1, 0.15) is 4.32 Å². The number of thiocarbonyl (C=S) groups is 1. The molecule has 0 spiro atoms.